The molecule has 2 N–H and O–H groups in total. The summed E-state index contributed by atoms with van der Waals surface area (Å²) in [6.07, 6.45) is -1.90. The van der Waals surface area contributed by atoms with Crippen molar-refractivity contribution < 1.29 is 29.3 Å². The lowest BCUT2D eigenvalue weighted by atomic mass is 9.95. The SMILES string of the molecule is CCOC(=O)c1ccc(C(=O)C(C)Br)c(C(O)C(=O)O)c1. The molecule has 2 atom stereocenters. The van der Waals surface area contributed by atoms with Crippen LogP contribution >= 0.6 is 15.9 Å². The third-order valence-corrected chi connectivity index (χ3v) is 3.13. The minimum absolute atomic E-state index is 0.0438. The molecule has 21 heavy (non-hydrogen) atoms. The van der Waals surface area contributed by atoms with E-state index in [4.69, 9.17) is 9.84 Å². The van der Waals surface area contributed by atoms with Crippen molar-refractivity contribution in [2.75, 3.05) is 6.61 Å². The molecule has 0 bridgehead atoms. The number of halogens is 1. The molecule has 0 saturated carbocycles. The van der Waals surface area contributed by atoms with E-state index in [1.807, 2.05) is 0 Å². The smallest absolute Gasteiger partial charge is 0.338 e. The third kappa shape index (κ3) is 4.12. The average Bonchev–Trinajstić information content (AvgIpc) is 2.45. The van der Waals surface area contributed by atoms with Crippen LogP contribution in [0.4, 0.5) is 0 Å². The van der Waals surface area contributed by atoms with Gasteiger partial charge in [-0.1, -0.05) is 22.0 Å². The van der Waals surface area contributed by atoms with Crippen LogP contribution in [-0.2, 0) is 9.53 Å². The van der Waals surface area contributed by atoms with Crippen molar-refractivity contribution in [1.82, 2.24) is 0 Å². The Labute approximate surface area is 129 Å². The van der Waals surface area contributed by atoms with Crippen molar-refractivity contribution in [3.63, 3.8) is 0 Å². The van der Waals surface area contributed by atoms with Crippen LogP contribution in [-0.4, -0.2) is 39.4 Å². The number of Topliss-reactive ketones (excluding diaryl/α,β-unsaturated/α-hetero) is 1. The molecule has 0 aliphatic rings. The molecule has 1 aromatic rings. The fraction of sp³-hybridized carbons (Fsp3) is 0.357. The van der Waals surface area contributed by atoms with Crippen LogP contribution in [0, 0.1) is 0 Å². The number of alkyl halides is 1. The first-order chi connectivity index (χ1) is 9.79. The molecule has 0 amide bonds. The fourth-order valence-corrected chi connectivity index (χ4v) is 1.95. The van der Waals surface area contributed by atoms with Gasteiger partial charge in [0.05, 0.1) is 17.0 Å². The summed E-state index contributed by atoms with van der Waals surface area (Å²) in [7, 11) is 0. The highest BCUT2D eigenvalue weighted by molar-refractivity contribution is 9.10. The Morgan fingerprint density at radius 3 is 2.43 bits per heavy atom. The Bertz CT molecular complexity index is 567. The molecule has 0 spiro atoms. The molecule has 0 aliphatic heterocycles. The summed E-state index contributed by atoms with van der Waals surface area (Å²) in [5.41, 5.74) is -0.0161. The monoisotopic (exact) mass is 358 g/mol. The Hall–Kier alpha value is -1.73. The molecular formula is C14H15BrO6. The van der Waals surface area contributed by atoms with Crippen molar-refractivity contribution in [3.8, 4) is 0 Å². The van der Waals surface area contributed by atoms with Crippen molar-refractivity contribution in [3.05, 3.63) is 34.9 Å². The molecular weight excluding hydrogens is 344 g/mol. The number of benzene rings is 1. The van der Waals surface area contributed by atoms with E-state index in [-0.39, 0.29) is 29.1 Å². The summed E-state index contributed by atoms with van der Waals surface area (Å²) in [4.78, 5) is 34.1. The number of carbonyl (C=O) groups is 3. The highest BCUT2D eigenvalue weighted by atomic mass is 79.9. The second-order valence-corrected chi connectivity index (χ2v) is 5.62. The summed E-state index contributed by atoms with van der Waals surface area (Å²) < 4.78 is 4.81. The largest absolute Gasteiger partial charge is 0.479 e. The molecule has 0 saturated heterocycles. The summed E-state index contributed by atoms with van der Waals surface area (Å²) in [5.74, 6) is -2.55. The van der Waals surface area contributed by atoms with Crippen LogP contribution in [0.3, 0.4) is 0 Å². The van der Waals surface area contributed by atoms with E-state index in [1.165, 1.54) is 18.2 Å². The number of aliphatic hydroxyl groups is 1. The Morgan fingerprint density at radius 1 is 1.33 bits per heavy atom. The molecule has 1 rings (SSSR count). The van der Waals surface area contributed by atoms with Gasteiger partial charge in [0.1, 0.15) is 0 Å². The Kier molecular flexibility index (Phi) is 6.04. The number of carbonyl (C=O) groups excluding carboxylic acids is 2. The van der Waals surface area contributed by atoms with Gasteiger partial charge in [0.15, 0.2) is 11.9 Å². The van der Waals surface area contributed by atoms with Gasteiger partial charge in [-0.2, -0.15) is 0 Å². The van der Waals surface area contributed by atoms with Gasteiger partial charge >= 0.3 is 11.9 Å². The van der Waals surface area contributed by atoms with Crippen LogP contribution in [0.5, 0.6) is 0 Å². The van der Waals surface area contributed by atoms with Crippen LogP contribution in [0.25, 0.3) is 0 Å². The normalized spacial score (nSPS) is 13.3. The maximum Gasteiger partial charge on any atom is 0.338 e. The van der Waals surface area contributed by atoms with E-state index in [1.54, 1.807) is 13.8 Å². The van der Waals surface area contributed by atoms with E-state index in [2.05, 4.69) is 15.9 Å². The van der Waals surface area contributed by atoms with Gasteiger partial charge in [-0.15, -0.1) is 0 Å². The Morgan fingerprint density at radius 2 is 1.95 bits per heavy atom. The van der Waals surface area contributed by atoms with E-state index in [0.29, 0.717) is 0 Å². The standard InChI is InChI=1S/C14H15BrO6/c1-3-21-14(20)8-4-5-9(11(16)7(2)15)10(6-8)12(17)13(18)19/h4-7,12,17H,3H2,1-2H3,(H,18,19). The summed E-state index contributed by atoms with van der Waals surface area (Å²) in [6.45, 7) is 3.38. The molecule has 1 aromatic carbocycles. The van der Waals surface area contributed by atoms with E-state index < -0.39 is 22.9 Å². The maximum absolute atomic E-state index is 12.0. The first kappa shape index (κ1) is 17.3. The zero-order chi connectivity index (χ0) is 16.2. The van der Waals surface area contributed by atoms with Gasteiger partial charge in [-0.3, -0.25) is 4.79 Å². The van der Waals surface area contributed by atoms with E-state index in [0.717, 1.165) is 0 Å². The minimum Gasteiger partial charge on any atom is -0.479 e. The number of carboxylic acids is 1. The number of aliphatic hydroxyl groups excluding tert-OH is 1. The molecule has 0 heterocycles. The van der Waals surface area contributed by atoms with E-state index >= 15 is 0 Å². The van der Waals surface area contributed by atoms with Crippen LogP contribution in [0.2, 0.25) is 0 Å². The molecule has 0 aromatic heterocycles. The first-order valence-electron chi connectivity index (χ1n) is 6.19. The third-order valence-electron chi connectivity index (χ3n) is 2.72. The first-order valence-corrected chi connectivity index (χ1v) is 7.11. The number of carboxylic acid groups (broad SMARTS) is 1. The fourth-order valence-electron chi connectivity index (χ4n) is 1.70. The summed E-state index contributed by atoms with van der Waals surface area (Å²) >= 11 is 3.10. The number of ketones is 1. The highest BCUT2D eigenvalue weighted by Gasteiger charge is 2.26. The van der Waals surface area contributed by atoms with Gasteiger partial charge in [-0.05, 0) is 26.0 Å². The van der Waals surface area contributed by atoms with Gasteiger partial charge in [-0.25, -0.2) is 9.59 Å². The van der Waals surface area contributed by atoms with Crippen LogP contribution in [0.1, 0.15) is 46.2 Å². The number of rotatable bonds is 6. The number of aliphatic carboxylic acids is 1. The number of esters is 1. The zero-order valence-electron chi connectivity index (χ0n) is 11.5. The predicted molar refractivity (Wildman–Crippen MR) is 77.7 cm³/mol. The zero-order valence-corrected chi connectivity index (χ0v) is 13.1. The van der Waals surface area contributed by atoms with Crippen LogP contribution < -0.4 is 0 Å². The van der Waals surface area contributed by atoms with Gasteiger partial charge in [0, 0.05) is 11.1 Å². The molecule has 7 heteroatoms. The quantitative estimate of drug-likeness (QED) is 0.457. The predicted octanol–water partition coefficient (Wildman–Crippen LogP) is 1.95. The van der Waals surface area contributed by atoms with Gasteiger partial charge < -0.3 is 14.9 Å². The molecule has 6 nitrogen and oxygen atoms in total. The summed E-state index contributed by atoms with van der Waals surface area (Å²) in [6, 6.07) is 3.84. The van der Waals surface area contributed by atoms with Crippen LogP contribution in [0.15, 0.2) is 18.2 Å². The topological polar surface area (TPSA) is 101 Å². The van der Waals surface area contributed by atoms with Crippen molar-refractivity contribution in [1.29, 1.82) is 0 Å². The lowest BCUT2D eigenvalue weighted by Gasteiger charge is -2.14. The molecule has 2 unspecified atom stereocenters. The number of ether oxygens (including phenoxy) is 1. The van der Waals surface area contributed by atoms with Crippen molar-refractivity contribution >= 4 is 33.7 Å². The van der Waals surface area contributed by atoms with Crippen molar-refractivity contribution in [2.45, 2.75) is 24.8 Å². The Balaban J connectivity index is 3.36. The molecule has 0 fully saturated rings. The number of hydrogen-bond acceptors (Lipinski definition) is 5. The maximum atomic E-state index is 12.0. The molecule has 114 valence electrons. The molecule has 0 radical (unpaired) electrons. The van der Waals surface area contributed by atoms with Gasteiger partial charge in [0.2, 0.25) is 0 Å². The average molecular weight is 359 g/mol. The van der Waals surface area contributed by atoms with Crippen molar-refractivity contribution in [2.24, 2.45) is 0 Å². The lowest BCUT2D eigenvalue weighted by molar-refractivity contribution is -0.146. The lowest BCUT2D eigenvalue weighted by Crippen LogP contribution is -2.19. The highest BCUT2D eigenvalue weighted by Crippen LogP contribution is 2.23. The summed E-state index contributed by atoms with van der Waals surface area (Å²) in [5, 5.41) is 18.7. The second-order valence-electron chi connectivity index (χ2n) is 4.24. The second kappa shape index (κ2) is 7.33. The van der Waals surface area contributed by atoms with E-state index in [9.17, 15) is 19.5 Å². The van der Waals surface area contributed by atoms with Gasteiger partial charge in [0.25, 0.3) is 0 Å². The number of hydrogen-bond donors (Lipinski definition) is 2. The minimum atomic E-state index is -1.90. The molecule has 0 aliphatic carbocycles.